The summed E-state index contributed by atoms with van der Waals surface area (Å²) >= 11 is 0. The third kappa shape index (κ3) is 3.18. The number of nitrogens with zero attached hydrogens (tertiary/aromatic N) is 2. The highest BCUT2D eigenvalue weighted by Gasteiger charge is 2.35. The highest BCUT2D eigenvalue weighted by molar-refractivity contribution is 5.81. The lowest BCUT2D eigenvalue weighted by atomic mass is 9.80. The molecule has 2 N–H and O–H groups in total. The zero-order valence-corrected chi connectivity index (χ0v) is 11.0. The Hall–Kier alpha value is -0.650. The van der Waals surface area contributed by atoms with Crippen LogP contribution in [0.25, 0.3) is 0 Å². The van der Waals surface area contributed by atoms with Crippen molar-refractivity contribution in [3.05, 3.63) is 0 Å². The normalized spacial score (nSPS) is 26.7. The van der Waals surface area contributed by atoms with Crippen LogP contribution in [0.3, 0.4) is 0 Å². The molecule has 2 aliphatic heterocycles. The van der Waals surface area contributed by atoms with Gasteiger partial charge in [0.05, 0.1) is 5.41 Å². The fourth-order valence-corrected chi connectivity index (χ4v) is 2.40. The average molecular weight is 240 g/mol. The van der Waals surface area contributed by atoms with Crippen molar-refractivity contribution in [3.8, 4) is 0 Å². The molecule has 0 aromatic heterocycles. The van der Waals surface area contributed by atoms with Gasteiger partial charge in [0.1, 0.15) is 0 Å². The first-order chi connectivity index (χ1) is 8.10. The van der Waals surface area contributed by atoms with Gasteiger partial charge in [-0.15, -0.1) is 0 Å². The number of piperazine rings is 1. The van der Waals surface area contributed by atoms with E-state index >= 15 is 0 Å². The summed E-state index contributed by atoms with van der Waals surface area (Å²) in [5.74, 6) is 0.198. The summed E-state index contributed by atoms with van der Waals surface area (Å²) < 4.78 is 0. The lowest BCUT2D eigenvalue weighted by Gasteiger charge is -2.37. The lowest BCUT2D eigenvalue weighted by molar-refractivity contribution is -0.137. The zero-order valence-electron chi connectivity index (χ0n) is 11.0. The monoisotopic (exact) mass is 240 g/mol. The number of piperidine rings is 1. The molecule has 2 heterocycles. The van der Waals surface area contributed by atoms with E-state index in [0.29, 0.717) is 0 Å². The fourth-order valence-electron chi connectivity index (χ4n) is 2.40. The summed E-state index contributed by atoms with van der Waals surface area (Å²) in [5, 5.41) is 5.37. The van der Waals surface area contributed by atoms with Crippen molar-refractivity contribution >= 4 is 5.91 Å². The van der Waals surface area contributed by atoms with E-state index in [1.807, 2.05) is 0 Å². The Morgan fingerprint density at radius 2 is 1.76 bits per heavy atom. The first-order valence-corrected chi connectivity index (χ1v) is 6.55. The Kier molecular flexibility index (Phi) is 4.01. The quantitative estimate of drug-likeness (QED) is 0.693. The molecule has 1 amide bonds. The number of carbonyl (C=O) groups is 1. The van der Waals surface area contributed by atoms with Gasteiger partial charge in [-0.1, -0.05) is 6.92 Å². The number of rotatable bonds is 2. The highest BCUT2D eigenvalue weighted by atomic mass is 16.2. The minimum absolute atomic E-state index is 0.186. The van der Waals surface area contributed by atoms with Gasteiger partial charge in [0, 0.05) is 26.2 Å². The van der Waals surface area contributed by atoms with Crippen LogP contribution in [0.2, 0.25) is 0 Å². The number of nitrogens with one attached hydrogen (secondary N) is 2. The van der Waals surface area contributed by atoms with E-state index in [1.54, 1.807) is 0 Å². The third-order valence-corrected chi connectivity index (χ3v) is 4.02. The second kappa shape index (κ2) is 5.33. The Bertz CT molecular complexity index is 268. The summed E-state index contributed by atoms with van der Waals surface area (Å²) in [6, 6.07) is 0. The van der Waals surface area contributed by atoms with Crippen LogP contribution in [-0.4, -0.2) is 62.1 Å². The van der Waals surface area contributed by atoms with Crippen LogP contribution in [0.5, 0.6) is 0 Å². The van der Waals surface area contributed by atoms with Crippen molar-refractivity contribution in [2.45, 2.75) is 19.8 Å². The molecule has 5 heteroatoms. The molecule has 0 unspecified atom stereocenters. The van der Waals surface area contributed by atoms with E-state index in [4.69, 9.17) is 0 Å². The lowest BCUT2D eigenvalue weighted by Crippen LogP contribution is -2.56. The summed E-state index contributed by atoms with van der Waals surface area (Å²) in [5.41, 5.74) is 2.90. The van der Waals surface area contributed by atoms with Crippen molar-refractivity contribution in [1.29, 1.82) is 0 Å². The molecular formula is C12H24N4O. The fraction of sp³-hybridized carbons (Fsp3) is 0.917. The number of amides is 1. The van der Waals surface area contributed by atoms with Crippen molar-refractivity contribution in [2.24, 2.45) is 5.41 Å². The molecule has 17 heavy (non-hydrogen) atoms. The second-order valence-corrected chi connectivity index (χ2v) is 5.54. The van der Waals surface area contributed by atoms with Crippen LogP contribution in [0, 0.1) is 5.41 Å². The maximum Gasteiger partial charge on any atom is 0.240 e. The topological polar surface area (TPSA) is 47.6 Å². The van der Waals surface area contributed by atoms with Gasteiger partial charge in [-0.2, -0.15) is 0 Å². The van der Waals surface area contributed by atoms with Gasteiger partial charge in [0.25, 0.3) is 0 Å². The third-order valence-electron chi connectivity index (χ3n) is 4.02. The predicted molar refractivity (Wildman–Crippen MR) is 67.4 cm³/mol. The van der Waals surface area contributed by atoms with Gasteiger partial charge in [-0.25, -0.2) is 5.01 Å². The average Bonchev–Trinajstić information content (AvgIpc) is 2.33. The Morgan fingerprint density at radius 3 is 2.35 bits per heavy atom. The van der Waals surface area contributed by atoms with Crippen LogP contribution in [0.1, 0.15) is 19.8 Å². The van der Waals surface area contributed by atoms with Gasteiger partial charge < -0.3 is 10.2 Å². The molecule has 2 fully saturated rings. The minimum Gasteiger partial charge on any atom is -0.317 e. The molecule has 98 valence electrons. The van der Waals surface area contributed by atoms with Gasteiger partial charge in [-0.05, 0) is 33.0 Å². The van der Waals surface area contributed by atoms with Gasteiger partial charge >= 0.3 is 0 Å². The minimum atomic E-state index is -0.186. The van der Waals surface area contributed by atoms with E-state index in [-0.39, 0.29) is 11.3 Å². The number of hydrogen-bond acceptors (Lipinski definition) is 4. The van der Waals surface area contributed by atoms with Gasteiger partial charge in [0.2, 0.25) is 5.91 Å². The summed E-state index contributed by atoms with van der Waals surface area (Å²) in [4.78, 5) is 14.6. The molecule has 5 nitrogen and oxygen atoms in total. The molecule has 0 aliphatic carbocycles. The molecule has 0 radical (unpaired) electrons. The number of hydrogen-bond donors (Lipinski definition) is 2. The van der Waals surface area contributed by atoms with Crippen molar-refractivity contribution in [3.63, 3.8) is 0 Å². The van der Waals surface area contributed by atoms with Gasteiger partial charge in [-0.3, -0.25) is 10.2 Å². The molecule has 0 aromatic carbocycles. The van der Waals surface area contributed by atoms with E-state index in [1.165, 1.54) is 0 Å². The summed E-state index contributed by atoms with van der Waals surface area (Å²) in [7, 11) is 2.12. The molecule has 0 bridgehead atoms. The Labute approximate surface area is 103 Å². The Balaban J connectivity index is 1.83. The predicted octanol–water partition coefficient (Wildman–Crippen LogP) is -0.345. The maximum absolute atomic E-state index is 12.3. The maximum atomic E-state index is 12.3. The van der Waals surface area contributed by atoms with E-state index in [9.17, 15) is 4.79 Å². The first-order valence-electron chi connectivity index (χ1n) is 6.55. The van der Waals surface area contributed by atoms with E-state index < -0.39 is 0 Å². The van der Waals surface area contributed by atoms with Crippen LogP contribution < -0.4 is 10.7 Å². The second-order valence-electron chi connectivity index (χ2n) is 5.54. The SMILES string of the molecule is CN1CCN(NC(=O)C2(C)CCNCC2)CC1. The van der Waals surface area contributed by atoms with Gasteiger partial charge in [0.15, 0.2) is 0 Å². The smallest absolute Gasteiger partial charge is 0.240 e. The van der Waals surface area contributed by atoms with E-state index in [0.717, 1.165) is 52.1 Å². The van der Waals surface area contributed by atoms with Crippen molar-refractivity contribution in [2.75, 3.05) is 46.3 Å². The molecule has 0 spiro atoms. The van der Waals surface area contributed by atoms with Crippen molar-refractivity contribution in [1.82, 2.24) is 20.7 Å². The van der Waals surface area contributed by atoms with E-state index in [2.05, 4.69) is 34.6 Å². The van der Waals surface area contributed by atoms with Crippen LogP contribution in [-0.2, 0) is 4.79 Å². The molecular weight excluding hydrogens is 216 g/mol. The number of hydrazine groups is 1. The summed E-state index contributed by atoms with van der Waals surface area (Å²) in [6.45, 7) is 7.89. The van der Waals surface area contributed by atoms with Crippen LogP contribution in [0.15, 0.2) is 0 Å². The van der Waals surface area contributed by atoms with Crippen LogP contribution >= 0.6 is 0 Å². The first kappa shape index (κ1) is 12.8. The number of likely N-dealkylation sites (N-methyl/N-ethyl adjacent to an activating group) is 1. The molecule has 0 aromatic rings. The molecule has 2 saturated heterocycles. The number of carbonyl (C=O) groups excluding carboxylic acids is 1. The molecule has 2 aliphatic rings. The largest absolute Gasteiger partial charge is 0.317 e. The molecule has 0 atom stereocenters. The Morgan fingerprint density at radius 1 is 1.18 bits per heavy atom. The van der Waals surface area contributed by atoms with Crippen molar-refractivity contribution < 1.29 is 4.79 Å². The zero-order chi connectivity index (χ0) is 12.3. The highest BCUT2D eigenvalue weighted by Crippen LogP contribution is 2.28. The summed E-state index contributed by atoms with van der Waals surface area (Å²) in [6.07, 6.45) is 1.87. The van der Waals surface area contributed by atoms with Crippen LogP contribution in [0.4, 0.5) is 0 Å². The molecule has 0 saturated carbocycles. The molecule has 2 rings (SSSR count). The standard InChI is InChI=1S/C12H24N4O/c1-12(3-5-13-6-4-12)11(17)14-16-9-7-15(2)8-10-16/h13H,3-10H2,1-2H3,(H,14,17).